The van der Waals surface area contributed by atoms with Crippen LogP contribution in [0.1, 0.15) is 46.5 Å². The highest BCUT2D eigenvalue weighted by molar-refractivity contribution is 4.63. The summed E-state index contributed by atoms with van der Waals surface area (Å²) in [6, 6.07) is 0.672. The average molecular weight is 244 g/mol. The molecule has 0 heterocycles. The van der Waals surface area contributed by atoms with E-state index in [-0.39, 0.29) is 0 Å². The number of nitrogens with one attached hydrogen (secondary N) is 1. The summed E-state index contributed by atoms with van der Waals surface area (Å²) < 4.78 is 5.00. The van der Waals surface area contributed by atoms with Gasteiger partial charge in [0.05, 0.1) is 6.61 Å². The quantitative estimate of drug-likeness (QED) is 0.534. The van der Waals surface area contributed by atoms with Gasteiger partial charge in [-0.05, 0) is 46.3 Å². The molecule has 0 fully saturated rings. The van der Waals surface area contributed by atoms with Crippen molar-refractivity contribution >= 4 is 0 Å². The molecular formula is C14H32N2O. The van der Waals surface area contributed by atoms with Crippen LogP contribution in [0.2, 0.25) is 0 Å². The van der Waals surface area contributed by atoms with Gasteiger partial charge in [-0.2, -0.15) is 0 Å². The SMILES string of the molecule is CCCCCN(CCCNCCOC)C(C)C. The molecule has 0 spiro atoms. The van der Waals surface area contributed by atoms with Gasteiger partial charge in [0.15, 0.2) is 0 Å². The van der Waals surface area contributed by atoms with Crippen molar-refractivity contribution in [1.29, 1.82) is 0 Å². The van der Waals surface area contributed by atoms with Crippen LogP contribution < -0.4 is 5.32 Å². The van der Waals surface area contributed by atoms with Crippen LogP contribution in [0.3, 0.4) is 0 Å². The Kier molecular flexibility index (Phi) is 12.3. The Morgan fingerprint density at radius 2 is 1.76 bits per heavy atom. The summed E-state index contributed by atoms with van der Waals surface area (Å²) >= 11 is 0. The lowest BCUT2D eigenvalue weighted by Crippen LogP contribution is -2.34. The number of rotatable bonds is 12. The summed E-state index contributed by atoms with van der Waals surface area (Å²) in [7, 11) is 1.75. The van der Waals surface area contributed by atoms with Crippen molar-refractivity contribution in [2.75, 3.05) is 39.9 Å². The molecule has 3 nitrogen and oxygen atoms in total. The molecule has 0 saturated heterocycles. The number of ether oxygens (including phenoxy) is 1. The monoisotopic (exact) mass is 244 g/mol. The van der Waals surface area contributed by atoms with Crippen molar-refractivity contribution in [1.82, 2.24) is 10.2 Å². The van der Waals surface area contributed by atoms with Crippen LogP contribution in [0.4, 0.5) is 0 Å². The van der Waals surface area contributed by atoms with E-state index in [0.29, 0.717) is 6.04 Å². The highest BCUT2D eigenvalue weighted by Crippen LogP contribution is 2.03. The van der Waals surface area contributed by atoms with E-state index in [0.717, 1.165) is 19.7 Å². The fraction of sp³-hybridized carbons (Fsp3) is 1.00. The van der Waals surface area contributed by atoms with Crippen molar-refractivity contribution in [2.24, 2.45) is 0 Å². The van der Waals surface area contributed by atoms with Crippen LogP contribution in [0.5, 0.6) is 0 Å². The fourth-order valence-electron chi connectivity index (χ4n) is 1.90. The van der Waals surface area contributed by atoms with E-state index in [1.54, 1.807) is 7.11 Å². The average Bonchev–Trinajstić information content (AvgIpc) is 2.31. The fourth-order valence-corrected chi connectivity index (χ4v) is 1.90. The zero-order valence-corrected chi connectivity index (χ0v) is 12.3. The Morgan fingerprint density at radius 3 is 2.35 bits per heavy atom. The molecule has 0 amide bonds. The molecule has 104 valence electrons. The van der Waals surface area contributed by atoms with Gasteiger partial charge in [0.25, 0.3) is 0 Å². The summed E-state index contributed by atoms with van der Waals surface area (Å²) in [5, 5.41) is 3.40. The van der Waals surface area contributed by atoms with Gasteiger partial charge in [-0.25, -0.2) is 0 Å². The summed E-state index contributed by atoms with van der Waals surface area (Å²) in [6.07, 6.45) is 5.24. The number of methoxy groups -OCH3 is 1. The lowest BCUT2D eigenvalue weighted by Gasteiger charge is -2.26. The van der Waals surface area contributed by atoms with Crippen molar-refractivity contribution < 1.29 is 4.74 Å². The van der Waals surface area contributed by atoms with Gasteiger partial charge in [-0.3, -0.25) is 0 Å². The Morgan fingerprint density at radius 1 is 1.06 bits per heavy atom. The number of unbranched alkanes of at least 4 members (excludes halogenated alkanes) is 2. The molecule has 3 heteroatoms. The highest BCUT2D eigenvalue weighted by Gasteiger charge is 2.07. The van der Waals surface area contributed by atoms with Crippen LogP contribution in [0, 0.1) is 0 Å². The van der Waals surface area contributed by atoms with Crippen molar-refractivity contribution in [3.63, 3.8) is 0 Å². The molecule has 0 rings (SSSR count). The predicted octanol–water partition coefficient (Wildman–Crippen LogP) is 2.51. The first kappa shape index (κ1) is 16.9. The Labute approximate surface area is 108 Å². The first-order chi connectivity index (χ1) is 8.22. The van der Waals surface area contributed by atoms with Gasteiger partial charge >= 0.3 is 0 Å². The number of hydrogen-bond donors (Lipinski definition) is 1. The Balaban J connectivity index is 3.49. The summed E-state index contributed by atoms with van der Waals surface area (Å²) in [6.45, 7) is 12.2. The molecule has 0 bridgehead atoms. The molecule has 1 N–H and O–H groups in total. The van der Waals surface area contributed by atoms with Crippen molar-refractivity contribution in [3.05, 3.63) is 0 Å². The maximum absolute atomic E-state index is 5.00. The summed E-state index contributed by atoms with van der Waals surface area (Å²) in [5.74, 6) is 0. The standard InChI is InChI=1S/C14H32N2O/c1-5-6-7-11-16(14(2)3)12-8-9-15-10-13-17-4/h14-15H,5-13H2,1-4H3. The van der Waals surface area contributed by atoms with Gasteiger partial charge < -0.3 is 15.0 Å². The number of hydrogen-bond acceptors (Lipinski definition) is 3. The zero-order valence-electron chi connectivity index (χ0n) is 12.3. The number of nitrogens with zero attached hydrogens (tertiary/aromatic N) is 1. The smallest absolute Gasteiger partial charge is 0.0587 e. The molecule has 0 saturated carbocycles. The third-order valence-electron chi connectivity index (χ3n) is 3.06. The Bertz CT molecular complexity index is 151. The van der Waals surface area contributed by atoms with Crippen LogP contribution in [0.15, 0.2) is 0 Å². The summed E-state index contributed by atoms with van der Waals surface area (Å²) in [5.41, 5.74) is 0. The lowest BCUT2D eigenvalue weighted by atomic mass is 10.2. The molecule has 0 aliphatic heterocycles. The van der Waals surface area contributed by atoms with Gasteiger partial charge in [0, 0.05) is 19.7 Å². The van der Waals surface area contributed by atoms with Crippen LogP contribution >= 0.6 is 0 Å². The highest BCUT2D eigenvalue weighted by atomic mass is 16.5. The van der Waals surface area contributed by atoms with E-state index in [1.807, 2.05) is 0 Å². The largest absolute Gasteiger partial charge is 0.383 e. The maximum atomic E-state index is 5.00. The molecule has 0 aliphatic carbocycles. The van der Waals surface area contributed by atoms with Gasteiger partial charge in [0.2, 0.25) is 0 Å². The van der Waals surface area contributed by atoms with E-state index >= 15 is 0 Å². The van der Waals surface area contributed by atoms with Crippen molar-refractivity contribution in [2.45, 2.75) is 52.5 Å². The second-order valence-corrected chi connectivity index (χ2v) is 4.93. The molecular weight excluding hydrogens is 212 g/mol. The normalized spacial score (nSPS) is 11.6. The third-order valence-corrected chi connectivity index (χ3v) is 3.06. The molecule has 17 heavy (non-hydrogen) atoms. The first-order valence-corrected chi connectivity index (χ1v) is 7.16. The second-order valence-electron chi connectivity index (χ2n) is 4.93. The van der Waals surface area contributed by atoms with E-state index in [4.69, 9.17) is 4.74 Å². The van der Waals surface area contributed by atoms with Crippen molar-refractivity contribution in [3.8, 4) is 0 Å². The molecule has 0 aromatic rings. The minimum atomic E-state index is 0.672. The van der Waals surface area contributed by atoms with Crippen LogP contribution in [-0.2, 0) is 4.74 Å². The van der Waals surface area contributed by atoms with E-state index in [2.05, 4.69) is 31.0 Å². The van der Waals surface area contributed by atoms with E-state index in [1.165, 1.54) is 38.8 Å². The minimum absolute atomic E-state index is 0.672. The summed E-state index contributed by atoms with van der Waals surface area (Å²) in [4.78, 5) is 2.59. The molecule has 0 unspecified atom stereocenters. The van der Waals surface area contributed by atoms with Crippen LogP contribution in [-0.4, -0.2) is 50.8 Å². The molecule has 0 aromatic carbocycles. The molecule has 0 aromatic heterocycles. The van der Waals surface area contributed by atoms with Gasteiger partial charge in [-0.15, -0.1) is 0 Å². The topological polar surface area (TPSA) is 24.5 Å². The van der Waals surface area contributed by atoms with Gasteiger partial charge in [0.1, 0.15) is 0 Å². The predicted molar refractivity (Wildman–Crippen MR) is 75.6 cm³/mol. The molecule has 0 aliphatic rings. The second kappa shape index (κ2) is 12.3. The van der Waals surface area contributed by atoms with E-state index < -0.39 is 0 Å². The molecule has 0 atom stereocenters. The third kappa shape index (κ3) is 10.7. The maximum Gasteiger partial charge on any atom is 0.0587 e. The first-order valence-electron chi connectivity index (χ1n) is 7.16. The van der Waals surface area contributed by atoms with Crippen LogP contribution in [0.25, 0.3) is 0 Å². The van der Waals surface area contributed by atoms with Gasteiger partial charge in [-0.1, -0.05) is 19.8 Å². The molecule has 0 radical (unpaired) electrons. The Hall–Kier alpha value is -0.120. The van der Waals surface area contributed by atoms with E-state index in [9.17, 15) is 0 Å². The zero-order chi connectivity index (χ0) is 12.9. The minimum Gasteiger partial charge on any atom is -0.383 e. The lowest BCUT2D eigenvalue weighted by molar-refractivity contribution is 0.195.